The number of anilines is 1. The quantitative estimate of drug-likeness (QED) is 0.340. The van der Waals surface area contributed by atoms with Crippen molar-refractivity contribution in [2.75, 3.05) is 32.6 Å². The SMILES string of the molecule is COc1ccc(/C=C(/C(=O)Nc2ccc(CN3CCCCC3)cc2)c2ccccc2)cc1OC. The number of carbonyl (C=O) groups is 1. The van der Waals surface area contributed by atoms with E-state index in [0.717, 1.165) is 23.4 Å². The number of hydrogen-bond acceptors (Lipinski definition) is 4. The summed E-state index contributed by atoms with van der Waals surface area (Å²) in [6.07, 6.45) is 5.77. The van der Waals surface area contributed by atoms with Crippen molar-refractivity contribution in [1.82, 2.24) is 4.90 Å². The van der Waals surface area contributed by atoms with E-state index in [0.29, 0.717) is 17.1 Å². The molecule has 5 heteroatoms. The van der Waals surface area contributed by atoms with E-state index in [1.165, 1.54) is 37.9 Å². The fourth-order valence-corrected chi connectivity index (χ4v) is 4.27. The third kappa shape index (κ3) is 6.06. The molecular weight excluding hydrogens is 424 g/mol. The first-order valence-corrected chi connectivity index (χ1v) is 11.8. The maximum absolute atomic E-state index is 13.4. The Labute approximate surface area is 202 Å². The Balaban J connectivity index is 1.54. The molecule has 1 aliphatic rings. The Bertz CT molecular complexity index is 1120. The van der Waals surface area contributed by atoms with Crippen LogP contribution >= 0.6 is 0 Å². The lowest BCUT2D eigenvalue weighted by molar-refractivity contribution is -0.111. The van der Waals surface area contributed by atoms with Gasteiger partial charge in [-0.1, -0.05) is 55.0 Å². The summed E-state index contributed by atoms with van der Waals surface area (Å²) in [4.78, 5) is 15.8. The van der Waals surface area contributed by atoms with Gasteiger partial charge in [0.1, 0.15) is 0 Å². The number of carbonyl (C=O) groups excluding carboxylic acids is 1. The fraction of sp³-hybridized carbons (Fsp3) is 0.276. The average molecular weight is 457 g/mol. The van der Waals surface area contributed by atoms with Crippen LogP contribution < -0.4 is 14.8 Å². The van der Waals surface area contributed by atoms with Crippen molar-refractivity contribution in [3.05, 3.63) is 89.5 Å². The monoisotopic (exact) mass is 456 g/mol. The molecule has 176 valence electrons. The smallest absolute Gasteiger partial charge is 0.256 e. The maximum Gasteiger partial charge on any atom is 0.256 e. The second kappa shape index (κ2) is 11.5. The largest absolute Gasteiger partial charge is 0.493 e. The van der Waals surface area contributed by atoms with Crippen LogP contribution in [0.5, 0.6) is 11.5 Å². The molecule has 0 atom stereocenters. The van der Waals surface area contributed by atoms with Gasteiger partial charge in [-0.05, 0) is 73.0 Å². The van der Waals surface area contributed by atoms with Gasteiger partial charge in [-0.15, -0.1) is 0 Å². The lowest BCUT2D eigenvalue weighted by Gasteiger charge is -2.26. The van der Waals surface area contributed by atoms with Crippen molar-refractivity contribution in [2.24, 2.45) is 0 Å². The predicted octanol–water partition coefficient (Wildman–Crippen LogP) is 5.87. The number of benzene rings is 3. The maximum atomic E-state index is 13.4. The van der Waals surface area contributed by atoms with Crippen LogP contribution in [0.15, 0.2) is 72.8 Å². The highest BCUT2D eigenvalue weighted by Crippen LogP contribution is 2.30. The highest BCUT2D eigenvalue weighted by atomic mass is 16.5. The van der Waals surface area contributed by atoms with Crippen molar-refractivity contribution in [3.8, 4) is 11.5 Å². The molecule has 0 radical (unpaired) electrons. The number of nitrogens with zero attached hydrogens (tertiary/aromatic N) is 1. The van der Waals surface area contributed by atoms with Crippen molar-refractivity contribution < 1.29 is 14.3 Å². The van der Waals surface area contributed by atoms with Gasteiger partial charge in [-0.3, -0.25) is 9.69 Å². The van der Waals surface area contributed by atoms with Crippen molar-refractivity contribution in [2.45, 2.75) is 25.8 Å². The molecule has 3 aromatic rings. The van der Waals surface area contributed by atoms with Gasteiger partial charge in [0.2, 0.25) is 0 Å². The van der Waals surface area contributed by atoms with Gasteiger partial charge in [-0.2, -0.15) is 0 Å². The number of likely N-dealkylation sites (tertiary alicyclic amines) is 1. The van der Waals surface area contributed by atoms with Gasteiger partial charge in [-0.25, -0.2) is 0 Å². The van der Waals surface area contributed by atoms with Crippen LogP contribution in [-0.2, 0) is 11.3 Å². The molecule has 34 heavy (non-hydrogen) atoms. The van der Waals surface area contributed by atoms with Crippen LogP contribution in [0.25, 0.3) is 11.6 Å². The van der Waals surface area contributed by atoms with Crippen LogP contribution in [0.4, 0.5) is 5.69 Å². The highest BCUT2D eigenvalue weighted by molar-refractivity contribution is 6.29. The molecule has 0 saturated carbocycles. The standard InChI is InChI=1S/C29H32N2O3/c1-33-27-16-13-23(20-28(27)34-2)19-26(24-9-5-3-6-10-24)29(32)30-25-14-11-22(12-15-25)21-31-17-7-4-8-18-31/h3,5-6,9-16,19-20H,4,7-8,17-18,21H2,1-2H3,(H,30,32)/b26-19+. The number of methoxy groups -OCH3 is 2. The normalized spacial score (nSPS) is 14.5. The summed E-state index contributed by atoms with van der Waals surface area (Å²) in [5, 5.41) is 3.07. The zero-order valence-electron chi connectivity index (χ0n) is 19.9. The Hall–Kier alpha value is -3.57. The molecule has 1 fully saturated rings. The third-order valence-electron chi connectivity index (χ3n) is 6.11. The molecule has 1 N–H and O–H groups in total. The minimum atomic E-state index is -0.162. The molecule has 1 aliphatic heterocycles. The second-order valence-electron chi connectivity index (χ2n) is 8.53. The molecular formula is C29H32N2O3. The molecule has 5 nitrogen and oxygen atoms in total. The number of ether oxygens (including phenoxy) is 2. The van der Waals surface area contributed by atoms with Gasteiger partial charge in [0, 0.05) is 17.8 Å². The molecule has 0 aromatic heterocycles. The number of rotatable bonds is 8. The van der Waals surface area contributed by atoms with Gasteiger partial charge in [0.25, 0.3) is 5.91 Å². The van der Waals surface area contributed by atoms with Crippen LogP contribution in [0.2, 0.25) is 0 Å². The minimum absolute atomic E-state index is 0.162. The molecule has 4 rings (SSSR count). The van der Waals surface area contributed by atoms with Crippen molar-refractivity contribution in [3.63, 3.8) is 0 Å². The van der Waals surface area contributed by atoms with Crippen LogP contribution in [-0.4, -0.2) is 38.1 Å². The van der Waals surface area contributed by atoms with E-state index < -0.39 is 0 Å². The van der Waals surface area contributed by atoms with Gasteiger partial charge >= 0.3 is 0 Å². The predicted molar refractivity (Wildman–Crippen MR) is 138 cm³/mol. The number of nitrogens with one attached hydrogen (secondary N) is 1. The van der Waals surface area contributed by atoms with E-state index in [2.05, 4.69) is 22.3 Å². The summed E-state index contributed by atoms with van der Waals surface area (Å²) >= 11 is 0. The number of piperidine rings is 1. The lowest BCUT2D eigenvalue weighted by atomic mass is 10.0. The average Bonchev–Trinajstić information content (AvgIpc) is 2.89. The molecule has 1 saturated heterocycles. The van der Waals surface area contributed by atoms with E-state index in [1.54, 1.807) is 14.2 Å². The van der Waals surface area contributed by atoms with Crippen molar-refractivity contribution >= 4 is 23.2 Å². The summed E-state index contributed by atoms with van der Waals surface area (Å²) in [6.45, 7) is 3.29. The molecule has 0 aliphatic carbocycles. The number of amides is 1. The number of hydrogen-bond donors (Lipinski definition) is 1. The molecule has 0 unspecified atom stereocenters. The Morgan fingerprint density at radius 1 is 0.882 bits per heavy atom. The summed E-state index contributed by atoms with van der Waals surface area (Å²) in [5.74, 6) is 1.10. The summed E-state index contributed by atoms with van der Waals surface area (Å²) in [5.41, 5.74) is 4.32. The zero-order valence-corrected chi connectivity index (χ0v) is 19.9. The Kier molecular flexibility index (Phi) is 7.99. The molecule has 0 spiro atoms. The fourth-order valence-electron chi connectivity index (χ4n) is 4.27. The highest BCUT2D eigenvalue weighted by Gasteiger charge is 2.14. The Morgan fingerprint density at radius 2 is 1.59 bits per heavy atom. The third-order valence-corrected chi connectivity index (χ3v) is 6.11. The van der Waals surface area contributed by atoms with E-state index in [-0.39, 0.29) is 5.91 Å². The topological polar surface area (TPSA) is 50.8 Å². The van der Waals surface area contributed by atoms with Gasteiger partial charge in [0.05, 0.1) is 14.2 Å². The molecule has 1 heterocycles. The van der Waals surface area contributed by atoms with Crippen LogP contribution in [0.1, 0.15) is 36.0 Å². The first-order chi connectivity index (χ1) is 16.7. The first-order valence-electron chi connectivity index (χ1n) is 11.8. The van der Waals surface area contributed by atoms with Gasteiger partial charge < -0.3 is 14.8 Å². The van der Waals surface area contributed by atoms with Crippen molar-refractivity contribution in [1.29, 1.82) is 0 Å². The van der Waals surface area contributed by atoms with Gasteiger partial charge in [0.15, 0.2) is 11.5 Å². The minimum Gasteiger partial charge on any atom is -0.493 e. The lowest BCUT2D eigenvalue weighted by Crippen LogP contribution is -2.29. The molecule has 0 bridgehead atoms. The molecule has 3 aromatic carbocycles. The second-order valence-corrected chi connectivity index (χ2v) is 8.53. The van der Waals surface area contributed by atoms with E-state index in [9.17, 15) is 4.79 Å². The van der Waals surface area contributed by atoms with E-state index >= 15 is 0 Å². The van der Waals surface area contributed by atoms with Crippen LogP contribution in [0, 0.1) is 0 Å². The molecule has 1 amide bonds. The zero-order chi connectivity index (χ0) is 23.8. The summed E-state index contributed by atoms with van der Waals surface area (Å²) in [6, 6.07) is 23.5. The van der Waals surface area contributed by atoms with E-state index in [1.807, 2.05) is 66.7 Å². The summed E-state index contributed by atoms with van der Waals surface area (Å²) in [7, 11) is 3.21. The van der Waals surface area contributed by atoms with Crippen LogP contribution in [0.3, 0.4) is 0 Å². The Morgan fingerprint density at radius 3 is 2.26 bits per heavy atom. The first kappa shape index (κ1) is 23.6. The van der Waals surface area contributed by atoms with E-state index in [4.69, 9.17) is 9.47 Å². The summed E-state index contributed by atoms with van der Waals surface area (Å²) < 4.78 is 10.8.